The van der Waals surface area contributed by atoms with Gasteiger partial charge in [-0.1, -0.05) is 42.0 Å². The van der Waals surface area contributed by atoms with Crippen molar-refractivity contribution in [3.8, 4) is 5.75 Å². The van der Waals surface area contributed by atoms with Crippen LogP contribution in [-0.2, 0) is 16.0 Å². The van der Waals surface area contributed by atoms with Gasteiger partial charge in [0.05, 0.1) is 13.5 Å². The van der Waals surface area contributed by atoms with Crippen molar-refractivity contribution in [3.63, 3.8) is 0 Å². The van der Waals surface area contributed by atoms with Gasteiger partial charge in [-0.15, -0.1) is 0 Å². The van der Waals surface area contributed by atoms with E-state index in [9.17, 15) is 4.79 Å². The maximum Gasteiger partial charge on any atom is 0.311 e. The SMILES string of the molecule is COc1cccc2c1C(c1ccc(C)cc1)OC(=O)C2. The predicted octanol–water partition coefficient (Wildman–Crippen LogP) is 3.19. The van der Waals surface area contributed by atoms with Crippen LogP contribution in [0.5, 0.6) is 5.75 Å². The van der Waals surface area contributed by atoms with Crippen LogP contribution in [0.25, 0.3) is 0 Å². The first-order valence-corrected chi connectivity index (χ1v) is 6.61. The Kier molecular flexibility index (Phi) is 3.18. The van der Waals surface area contributed by atoms with Crippen LogP contribution in [0.2, 0.25) is 0 Å². The van der Waals surface area contributed by atoms with E-state index in [1.54, 1.807) is 7.11 Å². The summed E-state index contributed by atoms with van der Waals surface area (Å²) in [7, 11) is 1.64. The second-order valence-electron chi connectivity index (χ2n) is 4.99. The fourth-order valence-electron chi connectivity index (χ4n) is 2.58. The number of cyclic esters (lactones) is 1. The second kappa shape index (κ2) is 5.00. The number of esters is 1. The van der Waals surface area contributed by atoms with Crippen molar-refractivity contribution in [2.75, 3.05) is 7.11 Å². The van der Waals surface area contributed by atoms with E-state index in [1.165, 1.54) is 5.56 Å². The third-order valence-corrected chi connectivity index (χ3v) is 3.60. The summed E-state index contributed by atoms with van der Waals surface area (Å²) in [4.78, 5) is 11.8. The Balaban J connectivity index is 2.13. The molecule has 0 fully saturated rings. The maximum atomic E-state index is 11.8. The van der Waals surface area contributed by atoms with Crippen molar-refractivity contribution in [1.82, 2.24) is 0 Å². The second-order valence-corrected chi connectivity index (χ2v) is 4.99. The summed E-state index contributed by atoms with van der Waals surface area (Å²) in [6, 6.07) is 13.8. The zero-order chi connectivity index (χ0) is 14.1. The number of benzene rings is 2. The standard InChI is InChI=1S/C17H16O3/c1-11-6-8-12(9-7-11)17-16-13(10-15(18)20-17)4-3-5-14(16)19-2/h3-9,17H,10H2,1-2H3. The molecule has 0 amide bonds. The van der Waals surface area contributed by atoms with Crippen molar-refractivity contribution in [3.05, 3.63) is 64.7 Å². The van der Waals surface area contributed by atoms with E-state index in [2.05, 4.69) is 0 Å². The highest BCUT2D eigenvalue weighted by atomic mass is 16.5. The van der Waals surface area contributed by atoms with Crippen LogP contribution in [0.4, 0.5) is 0 Å². The number of carbonyl (C=O) groups is 1. The molecule has 0 N–H and O–H groups in total. The minimum Gasteiger partial charge on any atom is -0.496 e. The average Bonchev–Trinajstić information content (AvgIpc) is 2.46. The molecule has 1 unspecified atom stereocenters. The minimum absolute atomic E-state index is 0.198. The molecule has 0 radical (unpaired) electrons. The number of rotatable bonds is 2. The highest BCUT2D eigenvalue weighted by Crippen LogP contribution is 2.39. The normalized spacial score (nSPS) is 17.3. The van der Waals surface area contributed by atoms with Gasteiger partial charge in [0.25, 0.3) is 0 Å². The van der Waals surface area contributed by atoms with Gasteiger partial charge in [-0.3, -0.25) is 4.79 Å². The first-order valence-electron chi connectivity index (χ1n) is 6.61. The maximum absolute atomic E-state index is 11.8. The molecule has 3 rings (SSSR count). The number of hydrogen-bond donors (Lipinski definition) is 0. The Labute approximate surface area is 118 Å². The molecule has 0 saturated heterocycles. The summed E-state index contributed by atoms with van der Waals surface area (Å²) in [5, 5.41) is 0. The first kappa shape index (κ1) is 12.7. The van der Waals surface area contributed by atoms with E-state index >= 15 is 0 Å². The van der Waals surface area contributed by atoms with Crippen molar-refractivity contribution in [2.45, 2.75) is 19.4 Å². The van der Waals surface area contributed by atoms with Crippen LogP contribution in [0.3, 0.4) is 0 Å². The third kappa shape index (κ3) is 2.16. The molecule has 0 saturated carbocycles. The summed E-state index contributed by atoms with van der Waals surface area (Å²) in [6.07, 6.45) is -0.0856. The van der Waals surface area contributed by atoms with E-state index < -0.39 is 0 Å². The molecule has 102 valence electrons. The lowest BCUT2D eigenvalue weighted by Crippen LogP contribution is -2.23. The smallest absolute Gasteiger partial charge is 0.311 e. The molecule has 0 aliphatic carbocycles. The largest absolute Gasteiger partial charge is 0.496 e. The number of fused-ring (bicyclic) bond motifs is 1. The Morgan fingerprint density at radius 1 is 1.15 bits per heavy atom. The van der Waals surface area contributed by atoms with Gasteiger partial charge >= 0.3 is 5.97 Å². The molecule has 1 aliphatic heterocycles. The fraction of sp³-hybridized carbons (Fsp3) is 0.235. The zero-order valence-electron chi connectivity index (χ0n) is 11.6. The number of carbonyl (C=O) groups excluding carboxylic acids is 1. The van der Waals surface area contributed by atoms with Crippen LogP contribution in [0.15, 0.2) is 42.5 Å². The van der Waals surface area contributed by atoms with Crippen LogP contribution >= 0.6 is 0 Å². The molecule has 20 heavy (non-hydrogen) atoms. The van der Waals surface area contributed by atoms with Crippen LogP contribution < -0.4 is 4.74 Å². The highest BCUT2D eigenvalue weighted by Gasteiger charge is 2.30. The topological polar surface area (TPSA) is 35.5 Å². The summed E-state index contributed by atoms with van der Waals surface area (Å²) in [6.45, 7) is 2.03. The third-order valence-electron chi connectivity index (χ3n) is 3.60. The summed E-state index contributed by atoms with van der Waals surface area (Å²) in [5.41, 5.74) is 4.08. The molecule has 0 bridgehead atoms. The van der Waals surface area contributed by atoms with Crippen LogP contribution in [0.1, 0.15) is 28.4 Å². The summed E-state index contributed by atoms with van der Waals surface area (Å²) in [5.74, 6) is 0.567. The van der Waals surface area contributed by atoms with Gasteiger partial charge in [0.2, 0.25) is 0 Å². The van der Waals surface area contributed by atoms with Gasteiger partial charge < -0.3 is 9.47 Å². The molecular weight excluding hydrogens is 252 g/mol. The van der Waals surface area contributed by atoms with Crippen LogP contribution in [0, 0.1) is 6.92 Å². The van der Waals surface area contributed by atoms with Crippen molar-refractivity contribution >= 4 is 5.97 Å². The van der Waals surface area contributed by atoms with Gasteiger partial charge in [-0.05, 0) is 24.1 Å². The van der Waals surface area contributed by atoms with Crippen molar-refractivity contribution < 1.29 is 14.3 Å². The molecule has 1 atom stereocenters. The number of aryl methyl sites for hydroxylation is 1. The fourth-order valence-corrected chi connectivity index (χ4v) is 2.58. The lowest BCUT2D eigenvalue weighted by Gasteiger charge is -2.27. The molecule has 2 aromatic carbocycles. The van der Waals surface area contributed by atoms with E-state index in [4.69, 9.17) is 9.47 Å². The van der Waals surface area contributed by atoms with Crippen molar-refractivity contribution in [2.24, 2.45) is 0 Å². The Morgan fingerprint density at radius 3 is 2.60 bits per heavy atom. The first-order chi connectivity index (χ1) is 9.69. The van der Waals surface area contributed by atoms with Gasteiger partial charge in [0.15, 0.2) is 6.10 Å². The molecule has 1 heterocycles. The van der Waals surface area contributed by atoms with E-state index in [0.29, 0.717) is 6.42 Å². The summed E-state index contributed by atoms with van der Waals surface area (Å²) >= 11 is 0. The molecule has 0 aromatic heterocycles. The van der Waals surface area contributed by atoms with Gasteiger partial charge in [0.1, 0.15) is 5.75 Å². The minimum atomic E-state index is -0.386. The van der Waals surface area contributed by atoms with Gasteiger partial charge in [-0.25, -0.2) is 0 Å². The zero-order valence-corrected chi connectivity index (χ0v) is 11.6. The number of hydrogen-bond acceptors (Lipinski definition) is 3. The summed E-state index contributed by atoms with van der Waals surface area (Å²) < 4.78 is 11.0. The molecule has 1 aliphatic rings. The molecule has 3 nitrogen and oxygen atoms in total. The highest BCUT2D eigenvalue weighted by molar-refractivity contribution is 5.77. The van der Waals surface area contributed by atoms with Crippen LogP contribution in [-0.4, -0.2) is 13.1 Å². The van der Waals surface area contributed by atoms with Gasteiger partial charge in [0, 0.05) is 5.56 Å². The van der Waals surface area contributed by atoms with E-state index in [0.717, 1.165) is 22.4 Å². The average molecular weight is 268 g/mol. The van der Waals surface area contributed by atoms with E-state index in [1.807, 2.05) is 49.4 Å². The molecular formula is C17H16O3. The predicted molar refractivity (Wildman–Crippen MR) is 75.8 cm³/mol. The quantitative estimate of drug-likeness (QED) is 0.785. The molecule has 0 spiro atoms. The monoisotopic (exact) mass is 268 g/mol. The number of methoxy groups -OCH3 is 1. The molecule has 3 heteroatoms. The Morgan fingerprint density at radius 2 is 1.90 bits per heavy atom. The lowest BCUT2D eigenvalue weighted by atomic mass is 9.91. The van der Waals surface area contributed by atoms with E-state index in [-0.39, 0.29) is 12.1 Å². The number of ether oxygens (including phenoxy) is 2. The Bertz CT molecular complexity index is 644. The lowest BCUT2D eigenvalue weighted by molar-refractivity contribution is -0.148. The van der Waals surface area contributed by atoms with Gasteiger partial charge in [-0.2, -0.15) is 0 Å². The van der Waals surface area contributed by atoms with Crippen molar-refractivity contribution in [1.29, 1.82) is 0 Å². The Hall–Kier alpha value is -2.29. The molecule has 2 aromatic rings.